The molecule has 5 rings (SSSR count). The van der Waals surface area contributed by atoms with Crippen molar-refractivity contribution in [1.29, 1.82) is 0 Å². The van der Waals surface area contributed by atoms with Gasteiger partial charge in [0.2, 0.25) is 5.91 Å². The predicted molar refractivity (Wildman–Crippen MR) is 154 cm³/mol. The Bertz CT molecular complexity index is 1730. The van der Waals surface area contributed by atoms with E-state index in [1.54, 1.807) is 0 Å². The number of anilines is 1. The Hall–Kier alpha value is -4.12. The first kappa shape index (κ1) is 29.4. The van der Waals surface area contributed by atoms with Crippen molar-refractivity contribution in [1.82, 2.24) is 4.98 Å². The van der Waals surface area contributed by atoms with Gasteiger partial charge in [-0.05, 0) is 79.8 Å². The maximum atomic E-state index is 13.6. The maximum absolute atomic E-state index is 13.6. The number of halogens is 3. The van der Waals surface area contributed by atoms with E-state index in [1.807, 2.05) is 37.3 Å². The minimum Gasteiger partial charge on any atom is -0.487 e. The number of carbonyl (C=O) groups excluding carboxylic acids is 1. The minimum absolute atomic E-state index is 0.0631. The lowest BCUT2D eigenvalue weighted by Crippen LogP contribution is -2.22. The lowest BCUT2D eigenvalue weighted by Gasteiger charge is -2.28. The number of sulfonamides is 1. The van der Waals surface area contributed by atoms with Crippen molar-refractivity contribution in [3.63, 3.8) is 0 Å². The number of hydrogen-bond acceptors (Lipinski definition) is 5. The van der Waals surface area contributed by atoms with Crippen LogP contribution in [-0.2, 0) is 22.8 Å². The van der Waals surface area contributed by atoms with Crippen LogP contribution in [0, 0.1) is 6.92 Å². The lowest BCUT2D eigenvalue weighted by atomic mass is 9.81. The monoisotopic (exact) mass is 597 g/mol. The summed E-state index contributed by atoms with van der Waals surface area (Å²) in [4.78, 5) is 16.7. The number of hydrogen-bond donors (Lipinski definition) is 2. The molecule has 1 heterocycles. The van der Waals surface area contributed by atoms with Crippen molar-refractivity contribution in [2.75, 3.05) is 4.72 Å². The average molecular weight is 598 g/mol. The smallest absolute Gasteiger partial charge is 0.416 e. The Morgan fingerprint density at radius 2 is 1.71 bits per heavy atom. The van der Waals surface area contributed by atoms with Gasteiger partial charge in [0.25, 0.3) is 10.0 Å². The van der Waals surface area contributed by atoms with Crippen LogP contribution in [0.5, 0.6) is 5.75 Å². The van der Waals surface area contributed by atoms with Gasteiger partial charge in [-0.2, -0.15) is 13.2 Å². The first-order valence-electron chi connectivity index (χ1n) is 13.6. The van der Waals surface area contributed by atoms with Gasteiger partial charge in [0, 0.05) is 22.2 Å². The summed E-state index contributed by atoms with van der Waals surface area (Å²) in [6.45, 7) is 1.93. The molecule has 42 heavy (non-hydrogen) atoms. The van der Waals surface area contributed by atoms with Crippen molar-refractivity contribution >= 4 is 32.5 Å². The Labute approximate surface area is 242 Å². The van der Waals surface area contributed by atoms with Crippen LogP contribution in [0.25, 0.3) is 10.9 Å². The van der Waals surface area contributed by atoms with Gasteiger partial charge in [-0.3, -0.25) is 14.5 Å². The first-order valence-corrected chi connectivity index (χ1v) is 15.1. The largest absolute Gasteiger partial charge is 0.487 e. The standard InChI is InChI=1S/C31H30F3N3O4S/c1-19-17-21(24-9-5-6-10-26(24)36-19)18-41-27-16-15-25(30(35)38)28(20-7-3-2-4-8-20)29(27)37-42(39,40)23-13-11-22(12-14-23)31(32,33)34/h5-6,9-17,20,37H,2-4,7-8,18H2,1H3,(H2,35,38). The molecule has 1 aliphatic carbocycles. The molecule has 1 fully saturated rings. The topological polar surface area (TPSA) is 111 Å². The molecule has 3 N–H and O–H groups in total. The fourth-order valence-electron chi connectivity index (χ4n) is 5.54. The minimum atomic E-state index is -4.61. The van der Waals surface area contributed by atoms with Crippen molar-refractivity contribution in [3.05, 3.63) is 94.7 Å². The molecule has 3 aromatic carbocycles. The number of aryl methyl sites for hydroxylation is 1. The van der Waals surface area contributed by atoms with Gasteiger partial charge in [-0.15, -0.1) is 0 Å². The number of nitrogens with two attached hydrogens (primary N) is 1. The Morgan fingerprint density at radius 3 is 2.38 bits per heavy atom. The van der Waals surface area contributed by atoms with Gasteiger partial charge < -0.3 is 10.5 Å². The molecule has 1 aromatic heterocycles. The van der Waals surface area contributed by atoms with Crippen molar-refractivity contribution in [2.24, 2.45) is 5.73 Å². The second-order valence-electron chi connectivity index (χ2n) is 10.5. The fraction of sp³-hybridized carbons (Fsp3) is 0.290. The van der Waals surface area contributed by atoms with E-state index in [0.717, 1.165) is 53.6 Å². The van der Waals surface area contributed by atoms with Gasteiger partial charge in [-0.1, -0.05) is 37.5 Å². The Balaban J connectivity index is 1.59. The Kier molecular flexibility index (Phi) is 8.14. The van der Waals surface area contributed by atoms with Crippen LogP contribution in [-0.4, -0.2) is 19.3 Å². The second kappa shape index (κ2) is 11.6. The van der Waals surface area contributed by atoms with E-state index in [-0.39, 0.29) is 34.4 Å². The number of nitrogens with zero attached hydrogens (tertiary/aromatic N) is 1. The fourth-order valence-corrected chi connectivity index (χ4v) is 6.63. The van der Waals surface area contributed by atoms with Gasteiger partial charge in [0.15, 0.2) is 0 Å². The van der Waals surface area contributed by atoms with Crippen LogP contribution in [0.3, 0.4) is 0 Å². The molecule has 0 bridgehead atoms. The number of fused-ring (bicyclic) bond motifs is 1. The van der Waals surface area contributed by atoms with Crippen LogP contribution in [0.1, 0.15) is 70.8 Å². The quantitative estimate of drug-likeness (QED) is 0.225. The highest BCUT2D eigenvalue weighted by atomic mass is 32.2. The maximum Gasteiger partial charge on any atom is 0.416 e. The van der Waals surface area contributed by atoms with Gasteiger partial charge in [0.1, 0.15) is 12.4 Å². The Morgan fingerprint density at radius 1 is 1.02 bits per heavy atom. The third kappa shape index (κ3) is 6.20. The molecule has 0 atom stereocenters. The molecule has 7 nitrogen and oxygen atoms in total. The van der Waals surface area contributed by atoms with Crippen LogP contribution < -0.4 is 15.2 Å². The van der Waals surface area contributed by atoms with E-state index >= 15 is 0 Å². The number of pyridine rings is 1. The molecule has 0 radical (unpaired) electrons. The van der Waals surface area contributed by atoms with Crippen LogP contribution in [0.15, 0.2) is 71.6 Å². The number of para-hydroxylation sites is 1. The number of benzene rings is 3. The normalized spacial score (nSPS) is 14.6. The number of nitrogens with one attached hydrogen (secondary N) is 1. The summed E-state index contributed by atoms with van der Waals surface area (Å²) in [6.07, 6.45) is -0.390. The zero-order chi connectivity index (χ0) is 30.1. The second-order valence-corrected chi connectivity index (χ2v) is 12.1. The number of carbonyl (C=O) groups is 1. The first-order chi connectivity index (χ1) is 19.9. The molecular weight excluding hydrogens is 567 g/mol. The van der Waals surface area contributed by atoms with Gasteiger partial charge in [-0.25, -0.2) is 8.42 Å². The highest BCUT2D eigenvalue weighted by Crippen LogP contribution is 2.44. The van der Waals surface area contributed by atoms with Gasteiger partial charge >= 0.3 is 6.18 Å². The molecule has 1 amide bonds. The summed E-state index contributed by atoms with van der Waals surface area (Å²) < 4.78 is 75.2. The zero-order valence-corrected chi connectivity index (χ0v) is 23.7. The number of amides is 1. The number of alkyl halides is 3. The van der Waals surface area contributed by atoms with Crippen LogP contribution >= 0.6 is 0 Å². The van der Waals surface area contributed by atoms with E-state index in [9.17, 15) is 26.4 Å². The third-order valence-electron chi connectivity index (χ3n) is 7.53. The summed E-state index contributed by atoms with van der Waals surface area (Å²) in [6, 6.07) is 15.7. The van der Waals surface area contributed by atoms with Crippen molar-refractivity contribution < 1.29 is 31.1 Å². The van der Waals surface area contributed by atoms with E-state index in [1.165, 1.54) is 12.1 Å². The third-order valence-corrected chi connectivity index (χ3v) is 8.89. The van der Waals surface area contributed by atoms with E-state index in [4.69, 9.17) is 10.5 Å². The SMILES string of the molecule is Cc1cc(COc2ccc(C(N)=O)c(C3CCCCC3)c2NS(=O)(=O)c2ccc(C(F)(F)F)cc2)c2ccccc2n1. The molecule has 11 heteroatoms. The van der Waals surface area contributed by atoms with E-state index in [2.05, 4.69) is 9.71 Å². The average Bonchev–Trinajstić information content (AvgIpc) is 2.96. The molecule has 1 saturated carbocycles. The molecule has 0 spiro atoms. The molecule has 1 aliphatic rings. The number of primary amides is 1. The number of aromatic nitrogens is 1. The lowest BCUT2D eigenvalue weighted by molar-refractivity contribution is -0.137. The van der Waals surface area contributed by atoms with Crippen molar-refractivity contribution in [3.8, 4) is 5.75 Å². The molecule has 220 valence electrons. The molecule has 0 aliphatic heterocycles. The molecule has 0 saturated heterocycles. The van der Waals surface area contributed by atoms with Crippen LogP contribution in [0.2, 0.25) is 0 Å². The number of rotatable bonds is 8. The van der Waals surface area contributed by atoms with E-state index < -0.39 is 27.7 Å². The molecule has 0 unspecified atom stereocenters. The summed E-state index contributed by atoms with van der Waals surface area (Å²) >= 11 is 0. The highest BCUT2D eigenvalue weighted by molar-refractivity contribution is 7.92. The summed E-state index contributed by atoms with van der Waals surface area (Å²) in [5.41, 5.74) is 7.84. The zero-order valence-electron chi connectivity index (χ0n) is 22.9. The summed E-state index contributed by atoms with van der Waals surface area (Å²) in [5, 5.41) is 0.872. The van der Waals surface area contributed by atoms with Crippen molar-refractivity contribution in [2.45, 2.75) is 62.6 Å². The summed E-state index contributed by atoms with van der Waals surface area (Å²) in [7, 11) is -4.39. The molecular formula is C31H30F3N3O4S. The molecule has 4 aromatic rings. The van der Waals surface area contributed by atoms with Crippen LogP contribution in [0.4, 0.5) is 18.9 Å². The van der Waals surface area contributed by atoms with E-state index in [0.29, 0.717) is 30.5 Å². The predicted octanol–water partition coefficient (Wildman–Crippen LogP) is 7.09. The summed E-state index contributed by atoms with van der Waals surface area (Å²) in [5.74, 6) is -0.707. The number of ether oxygens (including phenoxy) is 1. The van der Waals surface area contributed by atoms with Gasteiger partial charge in [0.05, 0.1) is 21.7 Å². The highest BCUT2D eigenvalue weighted by Gasteiger charge is 2.32.